The fraction of sp³-hybridized carbons (Fsp3) is 0.846. The Hall–Kier alpha value is -1.11. The van der Waals surface area contributed by atoms with Crippen molar-refractivity contribution < 1.29 is 18.0 Å². The Labute approximate surface area is 119 Å². The van der Waals surface area contributed by atoms with E-state index in [0.717, 1.165) is 12.8 Å². The third-order valence-electron chi connectivity index (χ3n) is 4.23. The molecule has 20 heavy (non-hydrogen) atoms. The van der Waals surface area contributed by atoms with E-state index < -0.39 is 20.6 Å². The van der Waals surface area contributed by atoms with Crippen LogP contribution >= 0.6 is 0 Å². The summed E-state index contributed by atoms with van der Waals surface area (Å²) in [5.74, 6) is -0.387. The van der Waals surface area contributed by atoms with Gasteiger partial charge in [-0.15, -0.1) is 0 Å². The summed E-state index contributed by atoms with van der Waals surface area (Å²) in [4.78, 5) is 25.7. The van der Waals surface area contributed by atoms with Gasteiger partial charge in [-0.1, -0.05) is 12.8 Å². The maximum Gasteiger partial charge on any atom is 0.248 e. The standard InChI is InChI=1S/C13H22N2O4S/c1-10(2)20(18,19)8-7-15-9-11(16)14-13(12(15)17)5-3-4-6-13/h10H,3-9H2,1-2H3,(H,14,16). The topological polar surface area (TPSA) is 83.6 Å². The fourth-order valence-electron chi connectivity index (χ4n) is 2.88. The Balaban J connectivity index is 2.08. The van der Waals surface area contributed by atoms with Gasteiger partial charge in [0.1, 0.15) is 5.54 Å². The summed E-state index contributed by atoms with van der Waals surface area (Å²) >= 11 is 0. The maximum atomic E-state index is 12.5. The van der Waals surface area contributed by atoms with Crippen molar-refractivity contribution in [3.05, 3.63) is 0 Å². The van der Waals surface area contributed by atoms with Crippen molar-refractivity contribution >= 4 is 21.7 Å². The van der Waals surface area contributed by atoms with E-state index in [1.54, 1.807) is 13.8 Å². The molecule has 6 nitrogen and oxygen atoms in total. The summed E-state index contributed by atoms with van der Waals surface area (Å²) in [5.41, 5.74) is -0.767. The van der Waals surface area contributed by atoms with Crippen LogP contribution in [-0.4, -0.2) is 54.8 Å². The molecule has 0 bridgehead atoms. The van der Waals surface area contributed by atoms with Gasteiger partial charge in [-0.3, -0.25) is 9.59 Å². The largest absolute Gasteiger partial charge is 0.340 e. The van der Waals surface area contributed by atoms with Gasteiger partial charge in [0.25, 0.3) is 0 Å². The number of hydrogen-bond donors (Lipinski definition) is 1. The molecule has 0 atom stereocenters. The van der Waals surface area contributed by atoms with Crippen LogP contribution in [0.1, 0.15) is 39.5 Å². The Morgan fingerprint density at radius 1 is 1.25 bits per heavy atom. The van der Waals surface area contributed by atoms with E-state index in [1.807, 2.05) is 0 Å². The van der Waals surface area contributed by atoms with Crippen LogP contribution in [0.25, 0.3) is 0 Å². The molecule has 1 N–H and O–H groups in total. The highest BCUT2D eigenvalue weighted by Crippen LogP contribution is 2.33. The van der Waals surface area contributed by atoms with Crippen LogP contribution in [-0.2, 0) is 19.4 Å². The summed E-state index contributed by atoms with van der Waals surface area (Å²) < 4.78 is 23.7. The number of rotatable bonds is 4. The highest BCUT2D eigenvalue weighted by Gasteiger charge is 2.48. The number of carbonyl (C=O) groups is 2. The molecule has 2 fully saturated rings. The molecule has 1 aliphatic carbocycles. The maximum absolute atomic E-state index is 12.5. The summed E-state index contributed by atoms with van der Waals surface area (Å²) in [7, 11) is -3.20. The second-order valence-electron chi connectivity index (χ2n) is 5.98. The average molecular weight is 302 g/mol. The first-order chi connectivity index (χ1) is 9.27. The zero-order valence-corrected chi connectivity index (χ0v) is 12.8. The Bertz CT molecular complexity index is 506. The minimum atomic E-state index is -3.20. The van der Waals surface area contributed by atoms with Crippen molar-refractivity contribution in [1.29, 1.82) is 0 Å². The normalized spacial score (nSPS) is 22.6. The zero-order valence-electron chi connectivity index (χ0n) is 12.0. The quantitative estimate of drug-likeness (QED) is 0.797. The van der Waals surface area contributed by atoms with Gasteiger partial charge in [0.15, 0.2) is 9.84 Å². The molecule has 1 saturated carbocycles. The first-order valence-corrected chi connectivity index (χ1v) is 8.80. The van der Waals surface area contributed by atoms with Crippen LogP contribution < -0.4 is 5.32 Å². The monoisotopic (exact) mass is 302 g/mol. The second-order valence-corrected chi connectivity index (χ2v) is 8.66. The molecule has 2 amide bonds. The number of sulfone groups is 1. The van der Waals surface area contributed by atoms with E-state index >= 15 is 0 Å². The van der Waals surface area contributed by atoms with E-state index in [1.165, 1.54) is 4.90 Å². The molecule has 0 radical (unpaired) electrons. The van der Waals surface area contributed by atoms with E-state index in [4.69, 9.17) is 0 Å². The smallest absolute Gasteiger partial charge is 0.248 e. The van der Waals surface area contributed by atoms with Crippen LogP contribution in [0.4, 0.5) is 0 Å². The van der Waals surface area contributed by atoms with Crippen LogP contribution in [0.5, 0.6) is 0 Å². The Morgan fingerprint density at radius 2 is 1.85 bits per heavy atom. The molecule has 0 unspecified atom stereocenters. The molecule has 0 aromatic carbocycles. The van der Waals surface area contributed by atoms with Crippen molar-refractivity contribution in [2.75, 3.05) is 18.8 Å². The predicted octanol–water partition coefficient (Wildman–Crippen LogP) is 0.0808. The van der Waals surface area contributed by atoms with Gasteiger partial charge < -0.3 is 10.2 Å². The van der Waals surface area contributed by atoms with Gasteiger partial charge in [-0.25, -0.2) is 8.42 Å². The fourth-order valence-corrected chi connectivity index (χ4v) is 3.83. The highest BCUT2D eigenvalue weighted by molar-refractivity contribution is 7.92. The number of piperazine rings is 1. The first-order valence-electron chi connectivity index (χ1n) is 7.09. The summed E-state index contributed by atoms with van der Waals surface area (Å²) in [5, 5.41) is 2.35. The first kappa shape index (κ1) is 15.3. The van der Waals surface area contributed by atoms with Crippen LogP contribution in [0, 0.1) is 0 Å². The minimum absolute atomic E-state index is 0.0335. The Kier molecular flexibility index (Phi) is 4.09. The molecule has 2 rings (SSSR count). The lowest BCUT2D eigenvalue weighted by Gasteiger charge is -2.39. The summed E-state index contributed by atoms with van der Waals surface area (Å²) in [6.07, 6.45) is 3.16. The molecule has 0 aromatic rings. The molecule has 1 saturated heterocycles. The third kappa shape index (κ3) is 2.82. The van der Waals surface area contributed by atoms with Crippen LogP contribution in [0.2, 0.25) is 0 Å². The summed E-state index contributed by atoms with van der Waals surface area (Å²) in [6, 6.07) is 0. The molecule has 114 valence electrons. The second kappa shape index (κ2) is 5.35. The molecular weight excluding hydrogens is 280 g/mol. The SMILES string of the molecule is CC(C)S(=O)(=O)CCN1CC(=O)NC2(CCCC2)C1=O. The summed E-state index contributed by atoms with van der Waals surface area (Å²) in [6.45, 7) is 3.32. The molecule has 1 spiro atoms. The zero-order chi connectivity index (χ0) is 15.0. The van der Waals surface area contributed by atoms with Crippen molar-refractivity contribution in [2.24, 2.45) is 0 Å². The molecule has 7 heteroatoms. The number of nitrogens with one attached hydrogen (secondary N) is 1. The van der Waals surface area contributed by atoms with E-state index in [2.05, 4.69) is 5.32 Å². The minimum Gasteiger partial charge on any atom is -0.340 e. The van der Waals surface area contributed by atoms with Crippen molar-refractivity contribution in [2.45, 2.75) is 50.3 Å². The number of carbonyl (C=O) groups excluding carboxylic acids is 2. The van der Waals surface area contributed by atoms with Gasteiger partial charge in [0.05, 0.1) is 17.5 Å². The molecule has 2 aliphatic rings. The van der Waals surface area contributed by atoms with E-state index in [0.29, 0.717) is 12.8 Å². The Morgan fingerprint density at radius 3 is 2.40 bits per heavy atom. The highest BCUT2D eigenvalue weighted by atomic mass is 32.2. The lowest BCUT2D eigenvalue weighted by molar-refractivity contribution is -0.149. The van der Waals surface area contributed by atoms with Gasteiger partial charge in [-0.2, -0.15) is 0 Å². The number of nitrogens with zero attached hydrogens (tertiary/aromatic N) is 1. The van der Waals surface area contributed by atoms with Crippen molar-refractivity contribution in [3.63, 3.8) is 0 Å². The third-order valence-corrected chi connectivity index (χ3v) is 6.42. The van der Waals surface area contributed by atoms with E-state index in [9.17, 15) is 18.0 Å². The predicted molar refractivity (Wildman–Crippen MR) is 74.8 cm³/mol. The number of amides is 2. The molecule has 1 aliphatic heterocycles. The van der Waals surface area contributed by atoms with Gasteiger partial charge in [0.2, 0.25) is 11.8 Å². The average Bonchev–Trinajstić information content (AvgIpc) is 2.81. The molecule has 0 aromatic heterocycles. The van der Waals surface area contributed by atoms with Crippen molar-refractivity contribution in [1.82, 2.24) is 10.2 Å². The van der Waals surface area contributed by atoms with Crippen molar-refractivity contribution in [3.8, 4) is 0 Å². The van der Waals surface area contributed by atoms with Gasteiger partial charge in [0, 0.05) is 6.54 Å². The number of hydrogen-bond acceptors (Lipinski definition) is 4. The van der Waals surface area contributed by atoms with Gasteiger partial charge in [-0.05, 0) is 26.7 Å². The molecule has 1 heterocycles. The lowest BCUT2D eigenvalue weighted by atomic mass is 9.93. The van der Waals surface area contributed by atoms with E-state index in [-0.39, 0.29) is 30.7 Å². The molecular formula is C13H22N2O4S. The lowest BCUT2D eigenvalue weighted by Crippen LogP contribution is -2.65. The van der Waals surface area contributed by atoms with Gasteiger partial charge >= 0.3 is 0 Å². The van der Waals surface area contributed by atoms with Crippen LogP contribution in [0.3, 0.4) is 0 Å². The van der Waals surface area contributed by atoms with Crippen LogP contribution in [0.15, 0.2) is 0 Å².